The highest BCUT2D eigenvalue weighted by molar-refractivity contribution is 5.08. The summed E-state index contributed by atoms with van der Waals surface area (Å²) in [4.78, 5) is 2.36. The molecule has 4 heteroatoms. The van der Waals surface area contributed by atoms with Gasteiger partial charge in [0.25, 0.3) is 0 Å². The average Bonchev–Trinajstić information content (AvgIpc) is 2.78. The summed E-state index contributed by atoms with van der Waals surface area (Å²) in [5, 5.41) is 7.47. The van der Waals surface area contributed by atoms with Crippen LogP contribution in [0, 0.1) is 5.92 Å². The minimum Gasteiger partial charge on any atom is -0.381 e. The molecule has 2 rings (SSSR count). The van der Waals surface area contributed by atoms with Gasteiger partial charge in [-0.3, -0.25) is 5.10 Å². The number of aryl methyl sites for hydroxylation is 1. The van der Waals surface area contributed by atoms with E-state index in [0.717, 1.165) is 39.1 Å². The summed E-state index contributed by atoms with van der Waals surface area (Å²) in [6.07, 6.45) is 4.73. The summed E-state index contributed by atoms with van der Waals surface area (Å²) >= 11 is 0. The number of nitrogens with one attached hydrogen (secondary N) is 1. The first-order valence-corrected chi connectivity index (χ1v) is 7.07. The first kappa shape index (κ1) is 13.6. The Hall–Kier alpha value is -0.870. The van der Waals surface area contributed by atoms with Crippen molar-refractivity contribution in [3.63, 3.8) is 0 Å². The molecule has 1 unspecified atom stereocenters. The number of ether oxygens (including phenoxy) is 1. The smallest absolute Gasteiger partial charge is 0.0625 e. The Bertz CT molecular complexity index is 345. The van der Waals surface area contributed by atoms with E-state index in [4.69, 9.17) is 4.74 Å². The van der Waals surface area contributed by atoms with Crippen LogP contribution in [0.4, 0.5) is 0 Å². The number of aromatic nitrogens is 2. The fourth-order valence-corrected chi connectivity index (χ4v) is 2.62. The molecule has 0 radical (unpaired) electrons. The molecule has 102 valence electrons. The topological polar surface area (TPSA) is 41.1 Å². The van der Waals surface area contributed by atoms with Gasteiger partial charge in [0.05, 0.1) is 12.3 Å². The third-order valence-electron chi connectivity index (χ3n) is 3.45. The molecule has 1 aliphatic heterocycles. The number of H-pyrrole nitrogens is 1. The fraction of sp³-hybridized carbons (Fsp3) is 0.786. The molecule has 1 aromatic rings. The fourth-order valence-electron chi connectivity index (χ4n) is 2.62. The third-order valence-corrected chi connectivity index (χ3v) is 3.45. The molecule has 18 heavy (non-hydrogen) atoms. The second-order valence-corrected chi connectivity index (χ2v) is 5.41. The van der Waals surface area contributed by atoms with Crippen molar-refractivity contribution >= 4 is 0 Å². The van der Waals surface area contributed by atoms with E-state index in [1.54, 1.807) is 0 Å². The van der Waals surface area contributed by atoms with Crippen molar-refractivity contribution < 1.29 is 4.74 Å². The van der Waals surface area contributed by atoms with Crippen LogP contribution in [0.25, 0.3) is 0 Å². The van der Waals surface area contributed by atoms with Gasteiger partial charge in [-0.15, -0.1) is 0 Å². The van der Waals surface area contributed by atoms with E-state index >= 15 is 0 Å². The van der Waals surface area contributed by atoms with Gasteiger partial charge in [-0.1, -0.05) is 13.3 Å². The summed E-state index contributed by atoms with van der Waals surface area (Å²) in [6, 6.07) is 2.19. The van der Waals surface area contributed by atoms with Gasteiger partial charge >= 0.3 is 0 Å². The summed E-state index contributed by atoms with van der Waals surface area (Å²) in [5.74, 6) is 0.696. The van der Waals surface area contributed by atoms with E-state index in [1.165, 1.54) is 24.2 Å². The Balaban J connectivity index is 1.76. The largest absolute Gasteiger partial charge is 0.381 e. The Kier molecular flexibility index (Phi) is 5.20. The summed E-state index contributed by atoms with van der Waals surface area (Å²) in [6.45, 7) is 6.12. The van der Waals surface area contributed by atoms with Gasteiger partial charge in [-0.2, -0.15) is 5.10 Å². The van der Waals surface area contributed by atoms with Crippen molar-refractivity contribution in [3.8, 4) is 0 Å². The minimum absolute atomic E-state index is 0.696. The van der Waals surface area contributed by atoms with Crippen molar-refractivity contribution in [2.75, 3.05) is 26.8 Å². The lowest BCUT2D eigenvalue weighted by Gasteiger charge is -2.26. The maximum absolute atomic E-state index is 5.52. The number of nitrogens with zero attached hydrogens (tertiary/aromatic N) is 2. The Morgan fingerprint density at radius 2 is 2.44 bits per heavy atom. The molecule has 0 aliphatic carbocycles. The van der Waals surface area contributed by atoms with Crippen molar-refractivity contribution in [2.24, 2.45) is 5.92 Å². The van der Waals surface area contributed by atoms with Crippen LogP contribution in [0.15, 0.2) is 6.07 Å². The molecule has 0 amide bonds. The quantitative estimate of drug-likeness (QED) is 0.843. The number of hydrogen-bond acceptors (Lipinski definition) is 3. The number of aromatic amines is 1. The van der Waals surface area contributed by atoms with Crippen LogP contribution in [-0.4, -0.2) is 41.9 Å². The van der Waals surface area contributed by atoms with Gasteiger partial charge in [0, 0.05) is 25.4 Å². The standard InChI is InChI=1S/C14H25N3O/c1-3-5-13-8-14(16-15-13)10-17(2)9-12-6-4-7-18-11-12/h8,12H,3-7,9-11H2,1-2H3,(H,15,16). The Morgan fingerprint density at radius 1 is 1.56 bits per heavy atom. The number of hydrogen-bond donors (Lipinski definition) is 1. The van der Waals surface area contributed by atoms with Crippen molar-refractivity contribution in [1.82, 2.24) is 15.1 Å². The van der Waals surface area contributed by atoms with Gasteiger partial charge < -0.3 is 9.64 Å². The van der Waals surface area contributed by atoms with Gasteiger partial charge in [0.2, 0.25) is 0 Å². The van der Waals surface area contributed by atoms with Crippen LogP contribution in [0.3, 0.4) is 0 Å². The highest BCUT2D eigenvalue weighted by Crippen LogP contribution is 2.15. The molecule has 1 N–H and O–H groups in total. The molecule has 0 spiro atoms. The van der Waals surface area contributed by atoms with Crippen LogP contribution < -0.4 is 0 Å². The van der Waals surface area contributed by atoms with E-state index < -0.39 is 0 Å². The monoisotopic (exact) mass is 251 g/mol. The molecule has 0 bridgehead atoms. The molecule has 2 heterocycles. The molecule has 0 aromatic carbocycles. The van der Waals surface area contributed by atoms with E-state index in [0.29, 0.717) is 5.92 Å². The second-order valence-electron chi connectivity index (χ2n) is 5.41. The van der Waals surface area contributed by atoms with E-state index in [2.05, 4.69) is 35.1 Å². The van der Waals surface area contributed by atoms with Gasteiger partial charge in [0.1, 0.15) is 0 Å². The van der Waals surface area contributed by atoms with Crippen LogP contribution >= 0.6 is 0 Å². The summed E-state index contributed by atoms with van der Waals surface area (Å²) in [5.41, 5.74) is 2.40. The first-order valence-electron chi connectivity index (χ1n) is 7.07. The predicted molar refractivity (Wildman–Crippen MR) is 72.5 cm³/mol. The minimum atomic E-state index is 0.696. The van der Waals surface area contributed by atoms with Crippen LogP contribution in [0.2, 0.25) is 0 Å². The zero-order valence-corrected chi connectivity index (χ0v) is 11.6. The lowest BCUT2D eigenvalue weighted by molar-refractivity contribution is 0.0410. The van der Waals surface area contributed by atoms with Crippen LogP contribution in [0.5, 0.6) is 0 Å². The average molecular weight is 251 g/mol. The van der Waals surface area contributed by atoms with Crippen LogP contribution in [0.1, 0.15) is 37.6 Å². The van der Waals surface area contributed by atoms with Gasteiger partial charge in [-0.25, -0.2) is 0 Å². The zero-order chi connectivity index (χ0) is 12.8. The molecule has 1 aromatic heterocycles. The molecular weight excluding hydrogens is 226 g/mol. The van der Waals surface area contributed by atoms with E-state index in [9.17, 15) is 0 Å². The zero-order valence-electron chi connectivity index (χ0n) is 11.6. The van der Waals surface area contributed by atoms with Gasteiger partial charge in [0.15, 0.2) is 0 Å². The number of rotatable bonds is 6. The molecule has 1 saturated heterocycles. The normalized spacial score (nSPS) is 20.5. The summed E-state index contributed by atoms with van der Waals surface area (Å²) < 4.78 is 5.52. The van der Waals surface area contributed by atoms with Crippen molar-refractivity contribution in [1.29, 1.82) is 0 Å². The molecule has 1 aliphatic rings. The maximum Gasteiger partial charge on any atom is 0.0625 e. The highest BCUT2D eigenvalue weighted by atomic mass is 16.5. The molecular formula is C14H25N3O. The van der Waals surface area contributed by atoms with Crippen LogP contribution in [-0.2, 0) is 17.7 Å². The second kappa shape index (κ2) is 6.90. The Morgan fingerprint density at radius 3 is 3.17 bits per heavy atom. The maximum atomic E-state index is 5.52. The lowest BCUT2D eigenvalue weighted by Crippen LogP contribution is -2.30. The van der Waals surface area contributed by atoms with E-state index in [1.807, 2.05) is 0 Å². The molecule has 1 fully saturated rings. The van der Waals surface area contributed by atoms with E-state index in [-0.39, 0.29) is 0 Å². The molecule has 1 atom stereocenters. The lowest BCUT2D eigenvalue weighted by atomic mass is 10.0. The van der Waals surface area contributed by atoms with Crippen molar-refractivity contribution in [3.05, 3.63) is 17.5 Å². The first-order chi connectivity index (χ1) is 8.78. The predicted octanol–water partition coefficient (Wildman–Crippen LogP) is 2.22. The summed E-state index contributed by atoms with van der Waals surface area (Å²) in [7, 11) is 2.18. The Labute approximate surface area is 110 Å². The molecule has 0 saturated carbocycles. The van der Waals surface area contributed by atoms with Gasteiger partial charge in [-0.05, 0) is 38.3 Å². The third kappa shape index (κ3) is 4.10. The molecule has 4 nitrogen and oxygen atoms in total. The highest BCUT2D eigenvalue weighted by Gasteiger charge is 2.16. The SMILES string of the molecule is CCCc1cc(CN(C)CC2CCCOC2)[nH]n1. The van der Waals surface area contributed by atoms with Crippen molar-refractivity contribution in [2.45, 2.75) is 39.2 Å².